The fourth-order valence-corrected chi connectivity index (χ4v) is 2.36. The first-order chi connectivity index (χ1) is 11.0. The number of rotatable bonds is 7. The lowest BCUT2D eigenvalue weighted by atomic mass is 10.1. The van der Waals surface area contributed by atoms with Crippen LogP contribution in [0.1, 0.15) is 43.1 Å². The van der Waals surface area contributed by atoms with Crippen molar-refractivity contribution in [2.24, 2.45) is 0 Å². The highest BCUT2D eigenvalue weighted by molar-refractivity contribution is 5.50. The van der Waals surface area contributed by atoms with Crippen molar-refractivity contribution >= 4 is 6.29 Å². The molecule has 0 amide bonds. The van der Waals surface area contributed by atoms with E-state index in [1.807, 2.05) is 6.07 Å². The lowest BCUT2D eigenvalue weighted by Gasteiger charge is -2.09. The van der Waals surface area contributed by atoms with Crippen molar-refractivity contribution in [2.75, 3.05) is 0 Å². The number of benzene rings is 1. The molecule has 0 saturated carbocycles. The van der Waals surface area contributed by atoms with Crippen molar-refractivity contribution < 1.29 is 18.0 Å². The maximum Gasteiger partial charge on any atom is 0.416 e. The summed E-state index contributed by atoms with van der Waals surface area (Å²) in [5, 5.41) is 4.48. The van der Waals surface area contributed by atoms with Crippen molar-refractivity contribution in [3.05, 3.63) is 47.3 Å². The van der Waals surface area contributed by atoms with E-state index in [0.29, 0.717) is 18.5 Å². The molecule has 0 radical (unpaired) electrons. The van der Waals surface area contributed by atoms with Crippen LogP contribution in [-0.2, 0) is 23.8 Å². The van der Waals surface area contributed by atoms with Gasteiger partial charge in [-0.15, -0.1) is 0 Å². The second kappa shape index (κ2) is 7.44. The number of carbonyl (C=O) groups excluding carboxylic acids is 1. The third-order valence-electron chi connectivity index (χ3n) is 3.58. The molecule has 0 atom stereocenters. The minimum Gasteiger partial charge on any atom is -0.303 e. The normalized spacial score (nSPS) is 11.7. The Morgan fingerprint density at radius 3 is 2.43 bits per heavy atom. The maximum atomic E-state index is 12.7. The molecule has 6 heteroatoms. The van der Waals surface area contributed by atoms with Crippen molar-refractivity contribution in [1.82, 2.24) is 9.78 Å². The van der Waals surface area contributed by atoms with Crippen LogP contribution in [0, 0.1) is 0 Å². The van der Waals surface area contributed by atoms with Crippen molar-refractivity contribution in [1.29, 1.82) is 0 Å². The average Bonchev–Trinajstić information content (AvgIpc) is 2.93. The zero-order chi connectivity index (χ0) is 16.9. The molecule has 2 aromatic rings. The molecule has 0 spiro atoms. The zero-order valence-corrected chi connectivity index (χ0v) is 12.9. The molecular weight excluding hydrogens is 305 g/mol. The summed E-state index contributed by atoms with van der Waals surface area (Å²) in [6.45, 7) is 2.08. The third kappa shape index (κ3) is 4.43. The molecule has 0 aliphatic carbocycles. The fraction of sp³-hybridized carbons (Fsp3) is 0.412. The Hall–Kier alpha value is -2.11. The Balaban J connectivity index is 2.31. The van der Waals surface area contributed by atoms with Gasteiger partial charge in [0.25, 0.3) is 0 Å². The summed E-state index contributed by atoms with van der Waals surface area (Å²) >= 11 is 0. The van der Waals surface area contributed by atoms with E-state index in [-0.39, 0.29) is 0 Å². The van der Waals surface area contributed by atoms with Crippen LogP contribution < -0.4 is 0 Å². The smallest absolute Gasteiger partial charge is 0.303 e. The van der Waals surface area contributed by atoms with Gasteiger partial charge in [0.05, 0.1) is 16.9 Å². The Labute approximate surface area is 133 Å². The van der Waals surface area contributed by atoms with Crippen LogP contribution in [0.4, 0.5) is 13.2 Å². The number of aryl methyl sites for hydroxylation is 2. The van der Waals surface area contributed by atoms with Crippen LogP contribution in [0.15, 0.2) is 30.3 Å². The molecule has 0 saturated heterocycles. The molecule has 124 valence electrons. The van der Waals surface area contributed by atoms with Gasteiger partial charge in [0.15, 0.2) is 0 Å². The summed E-state index contributed by atoms with van der Waals surface area (Å²) in [7, 11) is 0. The molecule has 0 bridgehead atoms. The number of unbranched alkanes of at least 4 members (excludes halogenated alkanes) is 1. The van der Waals surface area contributed by atoms with Gasteiger partial charge in [-0.25, -0.2) is 4.68 Å². The molecule has 3 nitrogen and oxygen atoms in total. The minimum atomic E-state index is -4.35. The monoisotopic (exact) mass is 324 g/mol. The molecule has 2 rings (SSSR count). The third-order valence-corrected chi connectivity index (χ3v) is 3.58. The first-order valence-corrected chi connectivity index (χ1v) is 7.64. The van der Waals surface area contributed by atoms with Gasteiger partial charge >= 0.3 is 6.18 Å². The van der Waals surface area contributed by atoms with E-state index in [1.54, 1.807) is 4.68 Å². The molecule has 0 fully saturated rings. The van der Waals surface area contributed by atoms with Gasteiger partial charge in [0, 0.05) is 12.1 Å². The summed E-state index contributed by atoms with van der Waals surface area (Å²) in [4.78, 5) is 10.6. The molecule has 0 unspecified atom stereocenters. The number of hydrogen-bond donors (Lipinski definition) is 0. The molecule has 1 heterocycles. The van der Waals surface area contributed by atoms with E-state index >= 15 is 0 Å². The average molecular weight is 324 g/mol. The molecule has 1 aromatic carbocycles. The Kier molecular flexibility index (Phi) is 5.58. The van der Waals surface area contributed by atoms with Crippen LogP contribution >= 0.6 is 0 Å². The Bertz CT molecular complexity index is 645. The van der Waals surface area contributed by atoms with Gasteiger partial charge in [-0.3, -0.25) is 0 Å². The first-order valence-electron chi connectivity index (χ1n) is 7.64. The number of hydrogen-bond acceptors (Lipinski definition) is 2. The SMILES string of the molecule is CCCCc1cc(CCC=O)n(-c2ccc(C(F)(F)F)cc2)n1. The molecule has 23 heavy (non-hydrogen) atoms. The second-order valence-electron chi connectivity index (χ2n) is 5.39. The molecular formula is C17H19F3N2O. The predicted molar refractivity (Wildman–Crippen MR) is 81.6 cm³/mol. The largest absolute Gasteiger partial charge is 0.416 e. The highest BCUT2D eigenvalue weighted by atomic mass is 19.4. The van der Waals surface area contributed by atoms with Crippen LogP contribution in [-0.4, -0.2) is 16.1 Å². The van der Waals surface area contributed by atoms with Gasteiger partial charge in [0.2, 0.25) is 0 Å². The standard InChI is InChI=1S/C17H19F3N2O/c1-2-3-5-14-12-16(6-4-11-23)22(21-14)15-9-7-13(8-10-15)17(18,19)20/h7-12H,2-6H2,1H3. The highest BCUT2D eigenvalue weighted by Crippen LogP contribution is 2.29. The number of aromatic nitrogens is 2. The minimum absolute atomic E-state index is 0.361. The van der Waals surface area contributed by atoms with Crippen LogP contribution in [0.3, 0.4) is 0 Å². The quantitative estimate of drug-likeness (QED) is 0.709. The fourth-order valence-electron chi connectivity index (χ4n) is 2.36. The number of aldehydes is 1. The summed E-state index contributed by atoms with van der Waals surface area (Å²) in [6, 6.07) is 6.84. The number of halogens is 3. The first kappa shape index (κ1) is 17.2. The summed E-state index contributed by atoms with van der Waals surface area (Å²) in [6.07, 6.45) is 0.209. The predicted octanol–water partition coefficient (Wildman–Crippen LogP) is 4.37. The molecule has 0 aliphatic heterocycles. The number of carbonyl (C=O) groups is 1. The lowest BCUT2D eigenvalue weighted by Crippen LogP contribution is -2.07. The van der Waals surface area contributed by atoms with E-state index in [1.165, 1.54) is 12.1 Å². The lowest BCUT2D eigenvalue weighted by molar-refractivity contribution is -0.137. The molecule has 0 N–H and O–H groups in total. The Morgan fingerprint density at radius 2 is 1.87 bits per heavy atom. The highest BCUT2D eigenvalue weighted by Gasteiger charge is 2.30. The van der Waals surface area contributed by atoms with E-state index in [9.17, 15) is 18.0 Å². The van der Waals surface area contributed by atoms with Crippen LogP contribution in [0.25, 0.3) is 5.69 Å². The van der Waals surface area contributed by atoms with Crippen molar-refractivity contribution in [3.63, 3.8) is 0 Å². The van der Waals surface area contributed by atoms with Crippen LogP contribution in [0.5, 0.6) is 0 Å². The Morgan fingerprint density at radius 1 is 1.17 bits per heavy atom. The van der Waals surface area contributed by atoms with Gasteiger partial charge in [0.1, 0.15) is 6.29 Å². The number of nitrogens with zero attached hydrogens (tertiary/aromatic N) is 2. The van der Waals surface area contributed by atoms with Gasteiger partial charge in [-0.1, -0.05) is 13.3 Å². The zero-order valence-electron chi connectivity index (χ0n) is 12.9. The van der Waals surface area contributed by atoms with Gasteiger partial charge < -0.3 is 4.79 Å². The molecule has 0 aliphatic rings. The van der Waals surface area contributed by atoms with Crippen molar-refractivity contribution in [3.8, 4) is 5.69 Å². The number of alkyl halides is 3. The van der Waals surface area contributed by atoms with E-state index < -0.39 is 11.7 Å². The van der Waals surface area contributed by atoms with Gasteiger partial charge in [-0.2, -0.15) is 18.3 Å². The summed E-state index contributed by atoms with van der Waals surface area (Å²) in [5.74, 6) is 0. The maximum absolute atomic E-state index is 12.7. The van der Waals surface area contributed by atoms with Gasteiger partial charge in [-0.05, 0) is 49.6 Å². The van der Waals surface area contributed by atoms with E-state index in [0.717, 1.165) is 49.1 Å². The van der Waals surface area contributed by atoms with Crippen LogP contribution in [0.2, 0.25) is 0 Å². The molecule has 1 aromatic heterocycles. The van der Waals surface area contributed by atoms with Crippen molar-refractivity contribution in [2.45, 2.75) is 45.2 Å². The second-order valence-corrected chi connectivity index (χ2v) is 5.39. The van der Waals surface area contributed by atoms with E-state index in [2.05, 4.69) is 12.0 Å². The summed E-state index contributed by atoms with van der Waals surface area (Å²) in [5.41, 5.74) is 1.62. The summed E-state index contributed by atoms with van der Waals surface area (Å²) < 4.78 is 39.6. The van der Waals surface area contributed by atoms with E-state index in [4.69, 9.17) is 0 Å². The topological polar surface area (TPSA) is 34.9 Å².